The van der Waals surface area contributed by atoms with Crippen LogP contribution in [0, 0.1) is 0 Å². The Labute approximate surface area is 85.0 Å². The van der Waals surface area contributed by atoms with E-state index in [1.807, 2.05) is 19.2 Å². The van der Waals surface area contributed by atoms with E-state index in [0.717, 1.165) is 11.6 Å². The van der Waals surface area contributed by atoms with Crippen molar-refractivity contribution in [2.75, 3.05) is 0 Å². The lowest BCUT2D eigenvalue weighted by atomic mass is 10.1. The van der Waals surface area contributed by atoms with E-state index in [2.05, 4.69) is 11.1 Å². The Balaban J connectivity index is 0.000000845. The Morgan fingerprint density at radius 1 is 1.46 bits per heavy atom. The molecular weight excluding hydrogens is 184 g/mol. The highest BCUT2D eigenvalue weighted by atomic mass is 35.5. The first kappa shape index (κ1) is 10.5. The summed E-state index contributed by atoms with van der Waals surface area (Å²) in [7, 11) is 0. The van der Waals surface area contributed by atoms with Crippen LogP contribution in [0.15, 0.2) is 18.3 Å². The molecular formula is C10H15ClN2. The summed E-state index contributed by atoms with van der Waals surface area (Å²) < 4.78 is 0. The molecule has 0 amide bonds. The average Bonchev–Trinajstić information content (AvgIpc) is 2.87. The number of halogens is 1. The van der Waals surface area contributed by atoms with Gasteiger partial charge < -0.3 is 5.73 Å². The molecule has 2 N–H and O–H groups in total. The van der Waals surface area contributed by atoms with E-state index >= 15 is 0 Å². The minimum absolute atomic E-state index is 0. The molecule has 3 heteroatoms. The summed E-state index contributed by atoms with van der Waals surface area (Å²) in [6, 6.07) is 4.25. The Morgan fingerprint density at radius 3 is 2.54 bits per heavy atom. The summed E-state index contributed by atoms with van der Waals surface area (Å²) in [5.41, 5.74) is 8.05. The molecule has 0 bridgehead atoms. The second-order valence-corrected chi connectivity index (χ2v) is 3.58. The van der Waals surface area contributed by atoms with Gasteiger partial charge in [-0.2, -0.15) is 0 Å². The highest BCUT2D eigenvalue weighted by Crippen LogP contribution is 2.39. The molecule has 13 heavy (non-hydrogen) atoms. The zero-order valence-corrected chi connectivity index (χ0v) is 8.55. The van der Waals surface area contributed by atoms with Crippen molar-refractivity contribution in [2.24, 2.45) is 5.73 Å². The third-order valence-electron chi connectivity index (χ3n) is 2.32. The summed E-state index contributed by atoms with van der Waals surface area (Å²) >= 11 is 0. The molecule has 0 spiro atoms. The molecule has 1 aliphatic carbocycles. The number of rotatable bonds is 2. The highest BCUT2D eigenvalue weighted by Gasteiger charge is 2.23. The molecule has 1 aliphatic rings. The topological polar surface area (TPSA) is 38.9 Å². The van der Waals surface area contributed by atoms with Crippen molar-refractivity contribution >= 4 is 12.4 Å². The molecule has 0 saturated heterocycles. The van der Waals surface area contributed by atoms with Gasteiger partial charge in [-0.05, 0) is 37.3 Å². The van der Waals surface area contributed by atoms with Gasteiger partial charge in [0.05, 0.1) is 5.69 Å². The lowest BCUT2D eigenvalue weighted by Gasteiger charge is -2.04. The van der Waals surface area contributed by atoms with E-state index in [0.29, 0.717) is 0 Å². The fourth-order valence-electron chi connectivity index (χ4n) is 1.34. The lowest BCUT2D eigenvalue weighted by molar-refractivity contribution is 0.778. The van der Waals surface area contributed by atoms with E-state index < -0.39 is 0 Å². The van der Waals surface area contributed by atoms with E-state index in [9.17, 15) is 0 Å². The van der Waals surface area contributed by atoms with Crippen LogP contribution in [-0.2, 0) is 0 Å². The predicted octanol–water partition coefficient (Wildman–Crippen LogP) is 2.40. The minimum atomic E-state index is 0. The van der Waals surface area contributed by atoms with Crippen LogP contribution in [0.4, 0.5) is 0 Å². The van der Waals surface area contributed by atoms with Gasteiger partial charge in [0.1, 0.15) is 0 Å². The molecule has 1 aromatic rings. The maximum absolute atomic E-state index is 5.69. The summed E-state index contributed by atoms with van der Waals surface area (Å²) in [5.74, 6) is 0.791. The van der Waals surface area contributed by atoms with Gasteiger partial charge in [0, 0.05) is 12.2 Å². The summed E-state index contributed by atoms with van der Waals surface area (Å²) in [6.07, 6.45) is 4.63. The maximum Gasteiger partial charge on any atom is 0.0568 e. The molecule has 72 valence electrons. The van der Waals surface area contributed by atoms with Gasteiger partial charge in [0.15, 0.2) is 0 Å². The van der Waals surface area contributed by atoms with E-state index in [4.69, 9.17) is 5.73 Å². The van der Waals surface area contributed by atoms with Crippen LogP contribution in [0.1, 0.15) is 43.0 Å². The van der Waals surface area contributed by atoms with Crippen LogP contribution >= 0.6 is 12.4 Å². The minimum Gasteiger partial charge on any atom is -0.323 e. The number of nitrogens with two attached hydrogens (primary N) is 1. The van der Waals surface area contributed by atoms with Crippen LogP contribution in [0.25, 0.3) is 0 Å². The third kappa shape index (κ3) is 2.42. The first-order valence-electron chi connectivity index (χ1n) is 4.49. The van der Waals surface area contributed by atoms with Crippen molar-refractivity contribution < 1.29 is 0 Å². The zero-order chi connectivity index (χ0) is 8.55. The number of pyridine rings is 1. The quantitative estimate of drug-likeness (QED) is 0.793. The van der Waals surface area contributed by atoms with E-state index in [-0.39, 0.29) is 18.4 Å². The normalized spacial score (nSPS) is 17.7. The van der Waals surface area contributed by atoms with Crippen molar-refractivity contribution in [2.45, 2.75) is 31.7 Å². The van der Waals surface area contributed by atoms with Crippen molar-refractivity contribution in [1.29, 1.82) is 0 Å². The molecule has 2 rings (SSSR count). The molecule has 1 heterocycles. The molecule has 1 atom stereocenters. The molecule has 1 fully saturated rings. The fraction of sp³-hybridized carbons (Fsp3) is 0.500. The van der Waals surface area contributed by atoms with Crippen molar-refractivity contribution in [3.8, 4) is 0 Å². The van der Waals surface area contributed by atoms with Gasteiger partial charge in [-0.1, -0.05) is 6.07 Å². The monoisotopic (exact) mass is 198 g/mol. The van der Waals surface area contributed by atoms with E-state index in [1.54, 1.807) is 0 Å². The molecule has 2 nitrogen and oxygen atoms in total. The Hall–Kier alpha value is -0.600. The smallest absolute Gasteiger partial charge is 0.0568 e. The van der Waals surface area contributed by atoms with Crippen LogP contribution < -0.4 is 5.73 Å². The number of hydrogen-bond donors (Lipinski definition) is 1. The molecule has 0 radical (unpaired) electrons. The van der Waals surface area contributed by atoms with E-state index in [1.165, 1.54) is 18.4 Å². The SMILES string of the molecule is CC(N)c1ccc(C2CC2)cn1.Cl. The van der Waals surface area contributed by atoms with Crippen LogP contribution in [-0.4, -0.2) is 4.98 Å². The molecule has 0 aliphatic heterocycles. The van der Waals surface area contributed by atoms with Gasteiger partial charge in [0.2, 0.25) is 0 Å². The lowest BCUT2D eigenvalue weighted by Crippen LogP contribution is -2.06. The summed E-state index contributed by atoms with van der Waals surface area (Å²) in [6.45, 7) is 1.96. The van der Waals surface area contributed by atoms with Crippen LogP contribution in [0.2, 0.25) is 0 Å². The van der Waals surface area contributed by atoms with Gasteiger partial charge >= 0.3 is 0 Å². The van der Waals surface area contributed by atoms with Crippen molar-refractivity contribution in [3.05, 3.63) is 29.6 Å². The second-order valence-electron chi connectivity index (χ2n) is 3.58. The average molecular weight is 199 g/mol. The number of aromatic nitrogens is 1. The van der Waals surface area contributed by atoms with Crippen LogP contribution in [0.5, 0.6) is 0 Å². The van der Waals surface area contributed by atoms with Gasteiger partial charge in [-0.15, -0.1) is 12.4 Å². The summed E-state index contributed by atoms with van der Waals surface area (Å²) in [4.78, 5) is 4.31. The molecule has 1 unspecified atom stereocenters. The third-order valence-corrected chi connectivity index (χ3v) is 2.32. The summed E-state index contributed by atoms with van der Waals surface area (Å²) in [5, 5.41) is 0. The molecule has 1 aromatic heterocycles. The second kappa shape index (κ2) is 4.07. The zero-order valence-electron chi connectivity index (χ0n) is 7.73. The number of nitrogens with zero attached hydrogens (tertiary/aromatic N) is 1. The number of hydrogen-bond acceptors (Lipinski definition) is 2. The highest BCUT2D eigenvalue weighted by molar-refractivity contribution is 5.85. The fourth-order valence-corrected chi connectivity index (χ4v) is 1.34. The van der Waals surface area contributed by atoms with Gasteiger partial charge in [0.25, 0.3) is 0 Å². The van der Waals surface area contributed by atoms with Gasteiger partial charge in [-0.3, -0.25) is 4.98 Å². The Morgan fingerprint density at radius 2 is 2.15 bits per heavy atom. The van der Waals surface area contributed by atoms with Crippen molar-refractivity contribution in [3.63, 3.8) is 0 Å². The predicted molar refractivity (Wildman–Crippen MR) is 56.1 cm³/mol. The first-order valence-corrected chi connectivity index (χ1v) is 4.49. The maximum atomic E-state index is 5.69. The van der Waals surface area contributed by atoms with Gasteiger partial charge in [-0.25, -0.2) is 0 Å². The Kier molecular flexibility index (Phi) is 3.28. The molecule has 0 aromatic carbocycles. The first-order chi connectivity index (χ1) is 5.77. The standard InChI is InChI=1S/C10H14N2.ClH/c1-7(11)10-5-4-9(6-12-10)8-2-3-8;/h4-8H,2-3,11H2,1H3;1H. The van der Waals surface area contributed by atoms with Crippen LogP contribution in [0.3, 0.4) is 0 Å². The Bertz CT molecular complexity index is 244. The largest absolute Gasteiger partial charge is 0.323 e. The molecule has 1 saturated carbocycles. The van der Waals surface area contributed by atoms with Crippen molar-refractivity contribution in [1.82, 2.24) is 4.98 Å².